The molecule has 1 aliphatic carbocycles. The third-order valence-electron chi connectivity index (χ3n) is 8.06. The predicted octanol–water partition coefficient (Wildman–Crippen LogP) is 2.93. The lowest BCUT2D eigenvalue weighted by molar-refractivity contribution is -0.172. The number of methoxy groups -OCH3 is 1. The van der Waals surface area contributed by atoms with Gasteiger partial charge in [0.25, 0.3) is 5.91 Å². The molecule has 204 valence electrons. The normalized spacial score (nSPS) is 24.5. The van der Waals surface area contributed by atoms with Crippen LogP contribution in [0.3, 0.4) is 0 Å². The number of aromatic nitrogens is 3. The monoisotopic (exact) mass is 537 g/mol. The van der Waals surface area contributed by atoms with Gasteiger partial charge in [-0.1, -0.05) is 0 Å². The van der Waals surface area contributed by atoms with Crippen LogP contribution in [0.4, 0.5) is 10.2 Å². The van der Waals surface area contributed by atoms with Crippen molar-refractivity contribution in [3.63, 3.8) is 0 Å². The van der Waals surface area contributed by atoms with Crippen LogP contribution in [0.5, 0.6) is 11.6 Å². The maximum atomic E-state index is 15.1. The molecule has 3 N–H and O–H groups in total. The Bertz CT molecular complexity index is 1440. The molecular weight excluding hydrogens is 509 g/mol. The summed E-state index contributed by atoms with van der Waals surface area (Å²) in [4.78, 5) is 37.0. The van der Waals surface area contributed by atoms with Crippen LogP contribution in [-0.2, 0) is 20.9 Å². The van der Waals surface area contributed by atoms with Crippen molar-refractivity contribution >= 4 is 28.7 Å². The Morgan fingerprint density at radius 1 is 1.23 bits per heavy atom. The van der Waals surface area contributed by atoms with Crippen LogP contribution in [0.25, 0.3) is 11.0 Å². The molecule has 11 nitrogen and oxygen atoms in total. The third-order valence-corrected chi connectivity index (χ3v) is 8.06. The van der Waals surface area contributed by atoms with E-state index in [1.54, 1.807) is 18.2 Å². The quantitative estimate of drug-likeness (QED) is 0.392. The molecule has 2 bridgehead atoms. The maximum absolute atomic E-state index is 15.1. The summed E-state index contributed by atoms with van der Waals surface area (Å²) in [5.41, 5.74) is 0.374. The molecule has 1 saturated carbocycles. The summed E-state index contributed by atoms with van der Waals surface area (Å²) in [7, 11) is 1.44. The highest BCUT2D eigenvalue weighted by molar-refractivity contribution is 5.94. The van der Waals surface area contributed by atoms with E-state index in [0.29, 0.717) is 43.1 Å². The van der Waals surface area contributed by atoms with Crippen LogP contribution >= 0.6 is 0 Å². The smallest absolute Gasteiger partial charge is 0.311 e. The van der Waals surface area contributed by atoms with Crippen LogP contribution in [0.1, 0.15) is 49.3 Å². The number of halogens is 1. The van der Waals surface area contributed by atoms with Crippen molar-refractivity contribution in [3.05, 3.63) is 47.5 Å². The summed E-state index contributed by atoms with van der Waals surface area (Å²) in [6.07, 6.45) is 3.98. The number of hydrogen-bond donors (Lipinski definition) is 3. The molecule has 3 fully saturated rings. The van der Waals surface area contributed by atoms with Gasteiger partial charge in [-0.15, -0.1) is 0 Å². The molecule has 4 aliphatic rings. The van der Waals surface area contributed by atoms with E-state index in [-0.39, 0.29) is 41.4 Å². The van der Waals surface area contributed by atoms with Crippen molar-refractivity contribution in [2.24, 2.45) is 0 Å². The molecule has 0 spiro atoms. The molecule has 7 rings (SSSR count). The van der Waals surface area contributed by atoms with Gasteiger partial charge < -0.3 is 30.0 Å². The zero-order chi connectivity index (χ0) is 27.2. The number of aliphatic carboxylic acids is 1. The van der Waals surface area contributed by atoms with E-state index in [0.717, 1.165) is 24.7 Å². The van der Waals surface area contributed by atoms with Gasteiger partial charge in [-0.2, -0.15) is 0 Å². The predicted molar refractivity (Wildman–Crippen MR) is 136 cm³/mol. The molecule has 0 radical (unpaired) electrons. The number of pyridine rings is 3. The van der Waals surface area contributed by atoms with E-state index in [1.807, 2.05) is 6.07 Å². The number of anilines is 1. The van der Waals surface area contributed by atoms with Crippen molar-refractivity contribution in [3.8, 4) is 11.6 Å². The second-order valence-corrected chi connectivity index (χ2v) is 10.4. The summed E-state index contributed by atoms with van der Waals surface area (Å²) in [6.45, 7) is 0.848. The number of nitrogens with zero attached hydrogens (tertiary/aromatic N) is 3. The number of rotatable bonds is 8. The van der Waals surface area contributed by atoms with Crippen LogP contribution in [0, 0.1) is 5.82 Å². The lowest BCUT2D eigenvalue weighted by Gasteiger charge is -2.54. The van der Waals surface area contributed by atoms with Crippen LogP contribution in [0.2, 0.25) is 0 Å². The van der Waals surface area contributed by atoms with Gasteiger partial charge in [0.05, 0.1) is 48.2 Å². The number of carbonyl (C=O) groups excluding carboxylic acids is 1. The minimum atomic E-state index is -1.16. The Kier molecular flexibility index (Phi) is 6.31. The molecule has 3 aromatic rings. The molecule has 12 heteroatoms. The Morgan fingerprint density at radius 2 is 2.05 bits per heavy atom. The average molecular weight is 538 g/mol. The average Bonchev–Trinajstić information content (AvgIpc) is 2.95. The number of ether oxygens (including phenoxy) is 3. The summed E-state index contributed by atoms with van der Waals surface area (Å²) < 4.78 is 32.0. The van der Waals surface area contributed by atoms with Gasteiger partial charge in [-0.05, 0) is 50.3 Å². The van der Waals surface area contributed by atoms with Crippen molar-refractivity contribution in [2.45, 2.75) is 55.7 Å². The first kappa shape index (κ1) is 25.4. The van der Waals surface area contributed by atoms with Crippen molar-refractivity contribution < 1.29 is 33.3 Å². The van der Waals surface area contributed by atoms with Gasteiger partial charge in [-0.3, -0.25) is 14.6 Å². The number of hydrogen-bond acceptors (Lipinski definition) is 9. The fourth-order valence-electron chi connectivity index (χ4n) is 5.81. The first-order valence-corrected chi connectivity index (χ1v) is 12.8. The Hall–Kier alpha value is -3.90. The van der Waals surface area contributed by atoms with Crippen LogP contribution in [-0.4, -0.2) is 63.4 Å². The summed E-state index contributed by atoms with van der Waals surface area (Å²) in [6, 6.07) is 6.88. The Labute approximate surface area is 223 Å². The molecule has 1 atom stereocenters. The number of fused-ring (bicyclic) bond motifs is 5. The number of nitrogens with one attached hydrogen (secondary N) is 2. The number of amides is 1. The van der Waals surface area contributed by atoms with Gasteiger partial charge >= 0.3 is 5.97 Å². The number of carbonyl (C=O) groups is 2. The fraction of sp³-hybridized carbons (Fsp3) is 0.444. The van der Waals surface area contributed by atoms with Gasteiger partial charge in [0.2, 0.25) is 5.88 Å². The lowest BCUT2D eigenvalue weighted by atomic mass is 9.67. The first-order valence-electron chi connectivity index (χ1n) is 12.8. The zero-order valence-electron chi connectivity index (χ0n) is 21.3. The van der Waals surface area contributed by atoms with E-state index in [2.05, 4.69) is 25.6 Å². The molecular formula is C27H28FN5O6. The Morgan fingerprint density at radius 3 is 2.77 bits per heavy atom. The molecule has 0 aromatic carbocycles. The third kappa shape index (κ3) is 4.74. The lowest BCUT2D eigenvalue weighted by Crippen LogP contribution is -2.61. The molecule has 1 amide bonds. The standard InChI is InChI=1S/C27H28FN5O6/c1-37-21-5-3-18-23(33-21)22(17(28)12-29-18)16(25(35)36)10-27-8-6-26(7-9-27,14-39-27)30-11-15-2-4-19-24(31-15)32-20(34)13-38-19/h2-5,12,16,30H,6-11,13-14H2,1H3,(H,35,36)(H,31,32,34). The topological polar surface area (TPSA) is 145 Å². The molecule has 39 heavy (non-hydrogen) atoms. The molecule has 2 saturated heterocycles. The highest BCUT2D eigenvalue weighted by atomic mass is 19.1. The SMILES string of the molecule is COc1ccc2ncc(F)c(C(CC34CCC(NCc5ccc6c(n5)NC(=O)CO6)(CC3)CO4)C(=O)O)c2n1. The Balaban J connectivity index is 1.17. The summed E-state index contributed by atoms with van der Waals surface area (Å²) in [5.74, 6) is -2.05. The van der Waals surface area contributed by atoms with Crippen molar-refractivity contribution in [1.29, 1.82) is 0 Å². The van der Waals surface area contributed by atoms with E-state index in [9.17, 15) is 14.7 Å². The summed E-state index contributed by atoms with van der Waals surface area (Å²) >= 11 is 0. The number of carboxylic acids is 1. The van der Waals surface area contributed by atoms with Crippen molar-refractivity contribution in [1.82, 2.24) is 20.3 Å². The fourth-order valence-corrected chi connectivity index (χ4v) is 5.81. The zero-order valence-corrected chi connectivity index (χ0v) is 21.3. The van der Waals surface area contributed by atoms with Gasteiger partial charge in [0, 0.05) is 23.7 Å². The first-order chi connectivity index (χ1) is 18.8. The van der Waals surface area contributed by atoms with Gasteiger partial charge in [0.1, 0.15) is 5.82 Å². The minimum absolute atomic E-state index is 0.000495. The van der Waals surface area contributed by atoms with Crippen LogP contribution in [0.15, 0.2) is 30.5 Å². The molecule has 1 unspecified atom stereocenters. The second kappa shape index (κ2) is 9.69. The molecule has 6 heterocycles. The second-order valence-electron chi connectivity index (χ2n) is 10.4. The minimum Gasteiger partial charge on any atom is -0.481 e. The summed E-state index contributed by atoms with van der Waals surface area (Å²) in [5, 5.41) is 16.5. The van der Waals surface area contributed by atoms with Gasteiger partial charge in [-0.25, -0.2) is 14.4 Å². The molecule has 3 aliphatic heterocycles. The van der Waals surface area contributed by atoms with E-state index in [1.165, 1.54) is 7.11 Å². The highest BCUT2D eigenvalue weighted by Gasteiger charge is 2.51. The maximum Gasteiger partial charge on any atom is 0.311 e. The van der Waals surface area contributed by atoms with Gasteiger partial charge in [0.15, 0.2) is 18.2 Å². The van der Waals surface area contributed by atoms with Crippen LogP contribution < -0.4 is 20.1 Å². The van der Waals surface area contributed by atoms with Crippen molar-refractivity contribution in [2.75, 3.05) is 25.6 Å². The van der Waals surface area contributed by atoms with E-state index in [4.69, 9.17) is 14.2 Å². The largest absolute Gasteiger partial charge is 0.481 e. The van der Waals surface area contributed by atoms with E-state index >= 15 is 4.39 Å². The highest BCUT2D eigenvalue weighted by Crippen LogP contribution is 2.48. The number of carboxylic acid groups (broad SMARTS) is 1. The van der Waals surface area contributed by atoms with E-state index < -0.39 is 23.3 Å². The molecule has 3 aromatic heterocycles.